The fraction of sp³-hybridized carbons (Fsp3) is 0.423. The molecule has 2 aromatic heterocycles. The minimum atomic E-state index is -4.59. The van der Waals surface area contributed by atoms with Crippen molar-refractivity contribution in [3.8, 4) is 0 Å². The fourth-order valence-corrected chi connectivity index (χ4v) is 4.21. The SMILES string of the molecule is CC(C)(CF)c1nccc([NH2+]c2nc(Nc3ccc4c(c3)CNCC4(C)C)ncc2C(=O)NCC(F)(F)F)n1. The summed E-state index contributed by atoms with van der Waals surface area (Å²) in [7, 11) is 0. The van der Waals surface area contributed by atoms with Crippen molar-refractivity contribution in [3.05, 3.63) is 59.2 Å². The summed E-state index contributed by atoms with van der Waals surface area (Å²) in [5, 5.41) is 9.78. The third-order valence-electron chi connectivity index (χ3n) is 6.39. The molecule has 0 aliphatic carbocycles. The molecule has 39 heavy (non-hydrogen) atoms. The van der Waals surface area contributed by atoms with Gasteiger partial charge in [0.15, 0.2) is 0 Å². The molecule has 1 amide bonds. The number of benzene rings is 1. The Balaban J connectivity index is 1.66. The lowest BCUT2D eigenvalue weighted by Crippen LogP contribution is -2.73. The van der Waals surface area contributed by atoms with Crippen molar-refractivity contribution < 1.29 is 27.7 Å². The summed E-state index contributed by atoms with van der Waals surface area (Å²) >= 11 is 0. The molecule has 1 aliphatic rings. The van der Waals surface area contributed by atoms with Crippen LogP contribution in [0.1, 0.15) is 55.0 Å². The van der Waals surface area contributed by atoms with Gasteiger partial charge < -0.3 is 16.0 Å². The lowest BCUT2D eigenvalue weighted by Gasteiger charge is -2.33. The number of nitrogens with two attached hydrogens (primary N) is 1. The molecule has 0 spiro atoms. The number of fused-ring (bicyclic) bond motifs is 1. The topological polar surface area (TPSA) is 121 Å². The van der Waals surface area contributed by atoms with Crippen molar-refractivity contribution in [2.24, 2.45) is 0 Å². The van der Waals surface area contributed by atoms with E-state index in [9.17, 15) is 22.4 Å². The van der Waals surface area contributed by atoms with E-state index >= 15 is 0 Å². The van der Waals surface area contributed by atoms with Gasteiger partial charge in [0.1, 0.15) is 24.6 Å². The minimum absolute atomic E-state index is 0.0245. The first-order valence-corrected chi connectivity index (χ1v) is 12.3. The van der Waals surface area contributed by atoms with Crippen LogP contribution in [0.3, 0.4) is 0 Å². The van der Waals surface area contributed by atoms with Crippen LogP contribution in [-0.4, -0.2) is 51.8 Å². The van der Waals surface area contributed by atoms with Crippen molar-refractivity contribution in [1.82, 2.24) is 30.6 Å². The van der Waals surface area contributed by atoms with E-state index in [0.717, 1.165) is 18.3 Å². The van der Waals surface area contributed by atoms with Gasteiger partial charge in [0.05, 0.1) is 11.6 Å². The summed E-state index contributed by atoms with van der Waals surface area (Å²) in [4.78, 5) is 29.7. The Morgan fingerprint density at radius 3 is 2.64 bits per heavy atom. The third-order valence-corrected chi connectivity index (χ3v) is 6.39. The molecule has 0 saturated heterocycles. The van der Waals surface area contributed by atoms with E-state index in [1.807, 2.05) is 23.5 Å². The molecule has 0 saturated carbocycles. The minimum Gasteiger partial charge on any atom is -0.343 e. The number of anilines is 2. The summed E-state index contributed by atoms with van der Waals surface area (Å²) in [6.07, 6.45) is -1.99. The Morgan fingerprint density at radius 1 is 1.15 bits per heavy atom. The van der Waals surface area contributed by atoms with Gasteiger partial charge in [-0.3, -0.25) is 9.18 Å². The zero-order valence-electron chi connectivity index (χ0n) is 22.1. The Morgan fingerprint density at radius 2 is 1.92 bits per heavy atom. The standard InChI is InChI=1S/C26H30F4N8O/c1-24(2,12-27)22-32-8-7-19(37-22)36-20-17(21(39)34-14-26(28,29)30)11-33-23(38-20)35-16-5-6-18-15(9-16)10-31-13-25(18,3)4/h5-9,11,31H,10,12-14H2,1-4H3,(H,34,39)(H2,32,33,35,36,37,38)/p+1. The largest absolute Gasteiger partial charge is 0.405 e. The molecule has 3 aromatic rings. The van der Waals surface area contributed by atoms with Crippen LogP contribution in [0, 0.1) is 0 Å². The van der Waals surface area contributed by atoms with Gasteiger partial charge in [-0.1, -0.05) is 33.8 Å². The molecule has 1 aromatic carbocycles. The maximum Gasteiger partial charge on any atom is 0.405 e. The van der Waals surface area contributed by atoms with Crippen LogP contribution in [0.15, 0.2) is 36.7 Å². The number of aromatic nitrogens is 4. The Labute approximate surface area is 223 Å². The molecule has 3 heterocycles. The normalized spacial score (nSPS) is 15.0. The van der Waals surface area contributed by atoms with Gasteiger partial charge in [0.2, 0.25) is 17.6 Å². The lowest BCUT2D eigenvalue weighted by molar-refractivity contribution is -0.487. The first-order valence-electron chi connectivity index (χ1n) is 12.3. The number of quaternary nitrogens is 1. The average Bonchev–Trinajstić information content (AvgIpc) is 2.87. The first kappa shape index (κ1) is 28.3. The van der Waals surface area contributed by atoms with Crippen LogP contribution in [0.5, 0.6) is 0 Å². The highest BCUT2D eigenvalue weighted by atomic mass is 19.4. The highest BCUT2D eigenvalue weighted by Gasteiger charge is 2.30. The molecule has 9 nitrogen and oxygen atoms in total. The second-order valence-corrected chi connectivity index (χ2v) is 10.7. The number of nitrogens with zero attached hydrogens (tertiary/aromatic N) is 4. The highest BCUT2D eigenvalue weighted by molar-refractivity contribution is 5.97. The summed E-state index contributed by atoms with van der Waals surface area (Å²) in [6.45, 7) is 6.97. The van der Waals surface area contributed by atoms with Crippen LogP contribution >= 0.6 is 0 Å². The van der Waals surface area contributed by atoms with Gasteiger partial charge in [-0.2, -0.15) is 23.1 Å². The average molecular weight is 548 g/mol. The van der Waals surface area contributed by atoms with Crippen molar-refractivity contribution in [2.75, 3.05) is 25.1 Å². The number of nitrogens with one attached hydrogen (secondary N) is 3. The molecule has 13 heteroatoms. The van der Waals surface area contributed by atoms with E-state index in [1.54, 1.807) is 13.8 Å². The Kier molecular flexibility index (Phi) is 7.84. The van der Waals surface area contributed by atoms with E-state index in [4.69, 9.17) is 0 Å². The second-order valence-electron chi connectivity index (χ2n) is 10.7. The summed E-state index contributed by atoms with van der Waals surface area (Å²) in [5.74, 6) is -0.283. The molecule has 0 radical (unpaired) electrons. The van der Waals surface area contributed by atoms with Crippen LogP contribution in [-0.2, 0) is 17.4 Å². The molecule has 0 bridgehead atoms. The molecule has 208 valence electrons. The molecular weight excluding hydrogens is 516 g/mol. The summed E-state index contributed by atoms with van der Waals surface area (Å²) in [5.41, 5.74) is 1.91. The molecular formula is C26H31F4N8O+. The van der Waals surface area contributed by atoms with Crippen molar-refractivity contribution in [3.63, 3.8) is 0 Å². The van der Waals surface area contributed by atoms with Gasteiger partial charge in [0, 0.05) is 36.5 Å². The zero-order chi connectivity index (χ0) is 28.4. The van der Waals surface area contributed by atoms with Gasteiger partial charge >= 0.3 is 6.18 Å². The first-order chi connectivity index (χ1) is 18.3. The second kappa shape index (κ2) is 10.8. The quantitative estimate of drug-likeness (QED) is 0.319. The van der Waals surface area contributed by atoms with Gasteiger partial charge in [-0.25, -0.2) is 15.3 Å². The summed E-state index contributed by atoms with van der Waals surface area (Å²) < 4.78 is 51.7. The highest BCUT2D eigenvalue weighted by Crippen LogP contribution is 2.32. The molecule has 4 rings (SSSR count). The van der Waals surface area contributed by atoms with Crippen LogP contribution in [0.25, 0.3) is 0 Å². The summed E-state index contributed by atoms with van der Waals surface area (Å²) in [6, 6.07) is 7.45. The monoisotopic (exact) mass is 547 g/mol. The van der Waals surface area contributed by atoms with Crippen LogP contribution in [0.2, 0.25) is 0 Å². The molecule has 1 aliphatic heterocycles. The van der Waals surface area contributed by atoms with Gasteiger partial charge in [-0.15, -0.1) is 0 Å². The molecule has 0 fully saturated rings. The Hall–Kier alpha value is -3.71. The van der Waals surface area contributed by atoms with E-state index in [0.29, 0.717) is 18.1 Å². The van der Waals surface area contributed by atoms with E-state index in [2.05, 4.69) is 44.4 Å². The number of carbonyl (C=O) groups is 1. The van der Waals surface area contributed by atoms with Gasteiger partial charge in [-0.05, 0) is 23.3 Å². The predicted molar refractivity (Wildman–Crippen MR) is 137 cm³/mol. The molecule has 5 N–H and O–H groups in total. The number of halogens is 4. The predicted octanol–water partition coefficient (Wildman–Crippen LogP) is 3.46. The number of rotatable bonds is 8. The zero-order valence-corrected chi connectivity index (χ0v) is 22.1. The van der Waals surface area contributed by atoms with Crippen molar-refractivity contribution in [1.29, 1.82) is 0 Å². The van der Waals surface area contributed by atoms with E-state index < -0.39 is 30.7 Å². The Bertz CT molecular complexity index is 1360. The van der Waals surface area contributed by atoms with Crippen molar-refractivity contribution >= 4 is 29.2 Å². The fourth-order valence-electron chi connectivity index (χ4n) is 4.21. The third kappa shape index (κ3) is 6.84. The maximum absolute atomic E-state index is 13.5. The number of hydrogen-bond acceptors (Lipinski definition) is 7. The van der Waals surface area contributed by atoms with E-state index in [-0.39, 0.29) is 28.6 Å². The number of alkyl halides is 4. The number of amides is 1. The van der Waals surface area contributed by atoms with Crippen molar-refractivity contribution in [2.45, 2.75) is 51.2 Å². The van der Waals surface area contributed by atoms with Crippen LogP contribution < -0.4 is 21.3 Å². The lowest BCUT2D eigenvalue weighted by atomic mass is 9.79. The molecule has 0 unspecified atom stereocenters. The maximum atomic E-state index is 13.5. The van der Waals surface area contributed by atoms with Gasteiger partial charge in [0.25, 0.3) is 5.91 Å². The number of hydrogen-bond donors (Lipinski definition) is 4. The molecule has 0 atom stereocenters. The number of carbonyl (C=O) groups excluding carboxylic acids is 1. The van der Waals surface area contributed by atoms with E-state index in [1.165, 1.54) is 23.1 Å². The van der Waals surface area contributed by atoms with Crippen LogP contribution in [0.4, 0.5) is 40.8 Å². The smallest absolute Gasteiger partial charge is 0.343 e.